The average Bonchev–Trinajstić information content (AvgIpc) is 3.52. The van der Waals surface area contributed by atoms with E-state index in [1.807, 2.05) is 43.3 Å². The highest BCUT2D eigenvalue weighted by Gasteiger charge is 2.30. The van der Waals surface area contributed by atoms with Crippen molar-refractivity contribution in [2.45, 2.75) is 25.9 Å². The number of fused-ring (bicyclic) bond motifs is 2. The van der Waals surface area contributed by atoms with E-state index in [4.69, 9.17) is 26.1 Å². The molecule has 8 heteroatoms. The van der Waals surface area contributed by atoms with Crippen LogP contribution in [0.25, 0.3) is 20.3 Å². The molecule has 1 fully saturated rings. The van der Waals surface area contributed by atoms with Gasteiger partial charge in [-0.1, -0.05) is 47.2 Å². The number of hydrogen-bond donors (Lipinski definition) is 0. The van der Waals surface area contributed by atoms with Gasteiger partial charge < -0.3 is 9.47 Å². The highest BCUT2D eigenvalue weighted by atomic mass is 35.5. The quantitative estimate of drug-likeness (QED) is 0.341. The van der Waals surface area contributed by atoms with Crippen LogP contribution in [0.1, 0.15) is 28.1 Å². The molecule has 0 N–H and O–H groups in total. The molecular formula is C23H21ClN2O3S2. The number of carbonyl (C=O) groups is 1. The molecule has 31 heavy (non-hydrogen) atoms. The molecule has 0 spiro atoms. The largest absolute Gasteiger partial charge is 0.494 e. The van der Waals surface area contributed by atoms with Crippen LogP contribution in [0.4, 0.5) is 5.13 Å². The van der Waals surface area contributed by atoms with E-state index in [9.17, 15) is 4.79 Å². The average molecular weight is 473 g/mol. The first-order valence-corrected chi connectivity index (χ1v) is 12.1. The normalized spacial score (nSPS) is 16.3. The Kier molecular flexibility index (Phi) is 5.60. The summed E-state index contributed by atoms with van der Waals surface area (Å²) in [5, 5.41) is 2.03. The van der Waals surface area contributed by atoms with Crippen LogP contribution in [0.5, 0.6) is 5.75 Å². The Morgan fingerprint density at radius 3 is 2.87 bits per heavy atom. The van der Waals surface area contributed by atoms with Crippen molar-refractivity contribution in [3.05, 3.63) is 51.9 Å². The number of thiophene rings is 1. The van der Waals surface area contributed by atoms with Crippen molar-refractivity contribution in [3.63, 3.8) is 0 Å². The van der Waals surface area contributed by atoms with Gasteiger partial charge in [-0.05, 0) is 37.5 Å². The van der Waals surface area contributed by atoms with E-state index >= 15 is 0 Å². The lowest BCUT2D eigenvalue weighted by atomic mass is 10.2. The maximum Gasteiger partial charge on any atom is 0.271 e. The van der Waals surface area contributed by atoms with Crippen molar-refractivity contribution in [2.75, 3.05) is 25.2 Å². The fraction of sp³-hybridized carbons (Fsp3) is 0.304. The summed E-state index contributed by atoms with van der Waals surface area (Å²) in [4.78, 5) is 20.9. The number of methoxy groups -OCH3 is 1. The molecular weight excluding hydrogens is 452 g/mol. The third-order valence-corrected chi connectivity index (χ3v) is 8.40. The second-order valence-electron chi connectivity index (χ2n) is 7.55. The van der Waals surface area contributed by atoms with Crippen molar-refractivity contribution < 1.29 is 14.3 Å². The summed E-state index contributed by atoms with van der Waals surface area (Å²) in [5.74, 6) is 0.560. The van der Waals surface area contributed by atoms with E-state index in [0.717, 1.165) is 45.3 Å². The first-order chi connectivity index (χ1) is 15.1. The minimum atomic E-state index is -0.141. The van der Waals surface area contributed by atoms with Crippen LogP contribution < -0.4 is 9.64 Å². The summed E-state index contributed by atoms with van der Waals surface area (Å²) in [6.07, 6.45) is 1.92. The molecule has 5 rings (SSSR count). The molecule has 5 nitrogen and oxygen atoms in total. The molecule has 3 heterocycles. The molecule has 1 saturated heterocycles. The van der Waals surface area contributed by atoms with E-state index in [1.54, 1.807) is 12.0 Å². The van der Waals surface area contributed by atoms with Crippen LogP contribution in [0.3, 0.4) is 0 Å². The second kappa shape index (κ2) is 8.39. The van der Waals surface area contributed by atoms with Gasteiger partial charge in [0, 0.05) is 16.7 Å². The Labute approximate surface area is 193 Å². The number of aryl methyl sites for hydroxylation is 1. The van der Waals surface area contributed by atoms with E-state index in [1.165, 1.54) is 22.7 Å². The first-order valence-electron chi connectivity index (χ1n) is 10.1. The Balaban J connectivity index is 1.61. The third kappa shape index (κ3) is 3.69. The number of halogens is 1. The molecule has 0 radical (unpaired) electrons. The number of benzene rings is 2. The zero-order chi connectivity index (χ0) is 21.5. The number of rotatable bonds is 5. The van der Waals surface area contributed by atoms with Gasteiger partial charge in [0.25, 0.3) is 5.91 Å². The van der Waals surface area contributed by atoms with Gasteiger partial charge in [0.15, 0.2) is 5.13 Å². The maximum atomic E-state index is 13.8. The number of thiazole rings is 1. The maximum absolute atomic E-state index is 13.8. The Hall–Kier alpha value is -2.19. The fourth-order valence-electron chi connectivity index (χ4n) is 3.89. The van der Waals surface area contributed by atoms with Gasteiger partial charge in [-0.15, -0.1) is 11.3 Å². The van der Waals surface area contributed by atoms with Crippen LogP contribution in [0.15, 0.2) is 36.4 Å². The lowest BCUT2D eigenvalue weighted by Gasteiger charge is -2.22. The monoisotopic (exact) mass is 472 g/mol. The van der Waals surface area contributed by atoms with Crippen LogP contribution in [-0.2, 0) is 4.74 Å². The van der Waals surface area contributed by atoms with Gasteiger partial charge in [0.2, 0.25) is 0 Å². The number of aromatic nitrogens is 1. The van der Waals surface area contributed by atoms with Gasteiger partial charge >= 0.3 is 0 Å². The third-order valence-electron chi connectivity index (χ3n) is 5.53. The molecule has 1 aliphatic rings. The van der Waals surface area contributed by atoms with Crippen LogP contribution in [0, 0.1) is 6.92 Å². The summed E-state index contributed by atoms with van der Waals surface area (Å²) >= 11 is 9.57. The van der Waals surface area contributed by atoms with E-state index in [0.29, 0.717) is 27.3 Å². The van der Waals surface area contributed by atoms with Crippen molar-refractivity contribution in [2.24, 2.45) is 0 Å². The lowest BCUT2D eigenvalue weighted by molar-refractivity contribution is 0.0921. The standard InChI is InChI=1S/C23H21ClN2O3S2/c1-13-9-10-16(28-2)19-20(13)31-23(25-19)26(12-14-6-5-11-29-14)22(27)21-18(24)15-7-3-4-8-17(15)30-21/h3-4,7-10,14H,5-6,11-12H2,1-2H3. The van der Waals surface area contributed by atoms with Crippen LogP contribution in [-0.4, -0.2) is 37.3 Å². The molecule has 0 aliphatic carbocycles. The first kappa shape index (κ1) is 20.7. The Morgan fingerprint density at radius 2 is 2.13 bits per heavy atom. The van der Waals surface area contributed by atoms with Crippen LogP contribution in [0.2, 0.25) is 5.02 Å². The molecule has 2 aromatic carbocycles. The summed E-state index contributed by atoms with van der Waals surface area (Å²) in [5.41, 5.74) is 1.87. The summed E-state index contributed by atoms with van der Waals surface area (Å²) in [7, 11) is 1.63. The van der Waals surface area contributed by atoms with E-state index in [2.05, 4.69) is 0 Å². The van der Waals surface area contributed by atoms with E-state index in [-0.39, 0.29) is 12.0 Å². The molecule has 1 amide bonds. The molecule has 0 bridgehead atoms. The van der Waals surface area contributed by atoms with Crippen molar-refractivity contribution in [1.82, 2.24) is 4.98 Å². The number of ether oxygens (including phenoxy) is 2. The predicted octanol–water partition coefficient (Wildman–Crippen LogP) is 6.31. The number of nitrogens with zero attached hydrogens (tertiary/aromatic N) is 2. The number of hydrogen-bond acceptors (Lipinski definition) is 6. The SMILES string of the molecule is COc1ccc(C)c2sc(N(CC3CCCO3)C(=O)c3sc4ccccc4c3Cl)nc12. The van der Waals surface area contributed by atoms with Crippen molar-refractivity contribution in [3.8, 4) is 5.75 Å². The van der Waals surface area contributed by atoms with Gasteiger partial charge in [0.1, 0.15) is 16.1 Å². The summed E-state index contributed by atoms with van der Waals surface area (Å²) in [6, 6.07) is 11.7. The number of anilines is 1. The number of amides is 1. The number of carbonyl (C=O) groups excluding carboxylic acids is 1. The molecule has 160 valence electrons. The minimum Gasteiger partial charge on any atom is -0.494 e. The molecule has 1 aliphatic heterocycles. The summed E-state index contributed by atoms with van der Waals surface area (Å²) < 4.78 is 13.4. The Bertz CT molecular complexity index is 1280. The van der Waals surface area contributed by atoms with Gasteiger partial charge in [-0.2, -0.15) is 0 Å². The second-order valence-corrected chi connectivity index (χ2v) is 9.96. The highest BCUT2D eigenvalue weighted by molar-refractivity contribution is 7.23. The van der Waals surface area contributed by atoms with Crippen molar-refractivity contribution >= 4 is 65.6 Å². The van der Waals surface area contributed by atoms with E-state index < -0.39 is 0 Å². The Morgan fingerprint density at radius 1 is 1.29 bits per heavy atom. The zero-order valence-electron chi connectivity index (χ0n) is 17.2. The topological polar surface area (TPSA) is 51.7 Å². The molecule has 1 atom stereocenters. The molecule has 4 aromatic rings. The molecule has 0 saturated carbocycles. The van der Waals surface area contributed by atoms with Crippen molar-refractivity contribution in [1.29, 1.82) is 0 Å². The van der Waals surface area contributed by atoms with Gasteiger partial charge in [-0.25, -0.2) is 4.98 Å². The van der Waals surface area contributed by atoms with Gasteiger partial charge in [-0.3, -0.25) is 9.69 Å². The fourth-order valence-corrected chi connectivity index (χ4v) is 6.41. The van der Waals surface area contributed by atoms with Crippen LogP contribution >= 0.6 is 34.3 Å². The summed E-state index contributed by atoms with van der Waals surface area (Å²) in [6.45, 7) is 3.21. The minimum absolute atomic E-state index is 0.00731. The smallest absolute Gasteiger partial charge is 0.271 e. The molecule has 1 unspecified atom stereocenters. The predicted molar refractivity (Wildman–Crippen MR) is 128 cm³/mol. The highest BCUT2D eigenvalue weighted by Crippen LogP contribution is 2.40. The molecule has 2 aromatic heterocycles. The lowest BCUT2D eigenvalue weighted by Crippen LogP contribution is -2.37. The van der Waals surface area contributed by atoms with Gasteiger partial charge in [0.05, 0.1) is 29.5 Å². The zero-order valence-corrected chi connectivity index (χ0v) is 19.6.